The summed E-state index contributed by atoms with van der Waals surface area (Å²) in [6.07, 6.45) is 6.49. The fourth-order valence-electron chi connectivity index (χ4n) is 3.87. The molecule has 3 rings (SSSR count). The van der Waals surface area contributed by atoms with E-state index in [4.69, 9.17) is 0 Å². The summed E-state index contributed by atoms with van der Waals surface area (Å²) in [7, 11) is -15.0. The molecule has 3 aromatic carbocycles. The van der Waals surface area contributed by atoms with Gasteiger partial charge >= 0.3 is 11.0 Å². The molecular formula is C26H28F6NO4PS2. The lowest BCUT2D eigenvalue weighted by molar-refractivity contribution is -0.0444. The molecule has 3 aromatic rings. The minimum atomic E-state index is -6.72. The number of sulfonamides is 2. The molecule has 5 nitrogen and oxygen atoms in total. The Labute approximate surface area is 231 Å². The zero-order valence-electron chi connectivity index (χ0n) is 21.3. The van der Waals surface area contributed by atoms with Gasteiger partial charge < -0.3 is 4.13 Å². The van der Waals surface area contributed by atoms with Crippen LogP contribution < -0.4 is 15.9 Å². The van der Waals surface area contributed by atoms with Crippen LogP contribution in [-0.2, 0) is 20.0 Å². The summed E-state index contributed by atoms with van der Waals surface area (Å²) >= 11 is 0. The Hall–Kier alpha value is -2.47. The van der Waals surface area contributed by atoms with Gasteiger partial charge in [-0.2, -0.15) is 26.3 Å². The van der Waals surface area contributed by atoms with Gasteiger partial charge in [-0.25, -0.2) is 16.8 Å². The van der Waals surface area contributed by atoms with Crippen molar-refractivity contribution in [2.24, 2.45) is 0 Å². The average Bonchev–Trinajstić information content (AvgIpc) is 2.89. The van der Waals surface area contributed by atoms with Gasteiger partial charge in [0.05, 0.1) is 6.16 Å². The predicted octanol–water partition coefficient (Wildman–Crippen LogP) is 6.62. The monoisotopic (exact) mass is 627 g/mol. The number of alkyl halides is 6. The van der Waals surface area contributed by atoms with Gasteiger partial charge in [0, 0.05) is 0 Å². The molecule has 0 heterocycles. The van der Waals surface area contributed by atoms with E-state index >= 15 is 0 Å². The first kappa shape index (κ1) is 33.7. The maximum absolute atomic E-state index is 11.4. The third kappa shape index (κ3) is 8.52. The molecule has 0 aliphatic carbocycles. The first-order valence-corrected chi connectivity index (χ1v) is 16.9. The van der Waals surface area contributed by atoms with Gasteiger partial charge in [-0.3, -0.25) is 0 Å². The van der Waals surface area contributed by atoms with Crippen LogP contribution >= 0.6 is 7.26 Å². The van der Waals surface area contributed by atoms with E-state index in [1.54, 1.807) is 0 Å². The molecule has 0 aliphatic rings. The Morgan fingerprint density at radius 3 is 1.18 bits per heavy atom. The van der Waals surface area contributed by atoms with Crippen LogP contribution in [0.25, 0.3) is 4.13 Å². The minimum absolute atomic E-state index is 0.778. The molecule has 0 spiro atoms. The first-order valence-electron chi connectivity index (χ1n) is 12.0. The number of nitrogens with zero attached hydrogens (tertiary/aromatic N) is 1. The van der Waals surface area contributed by atoms with Crippen LogP contribution in [0.4, 0.5) is 26.3 Å². The smallest absolute Gasteiger partial charge is 0.421 e. The van der Waals surface area contributed by atoms with Gasteiger partial charge in [0.1, 0.15) is 23.2 Å². The molecule has 0 N–H and O–H groups in total. The van der Waals surface area contributed by atoms with Crippen LogP contribution in [0.2, 0.25) is 0 Å². The average molecular weight is 628 g/mol. The number of hydrogen-bond acceptors (Lipinski definition) is 4. The molecule has 0 saturated heterocycles. The molecule has 0 unspecified atom stereocenters. The van der Waals surface area contributed by atoms with Crippen molar-refractivity contribution in [2.45, 2.75) is 43.6 Å². The second kappa shape index (κ2) is 13.9. The van der Waals surface area contributed by atoms with Gasteiger partial charge in [-0.15, -0.1) is 0 Å². The topological polar surface area (TPSA) is 82.4 Å². The van der Waals surface area contributed by atoms with Crippen molar-refractivity contribution < 1.29 is 43.2 Å². The van der Waals surface area contributed by atoms with Crippen molar-refractivity contribution in [3.63, 3.8) is 0 Å². The van der Waals surface area contributed by atoms with E-state index in [1.165, 1.54) is 47.8 Å². The van der Waals surface area contributed by atoms with Crippen molar-refractivity contribution in [1.29, 1.82) is 0 Å². The third-order valence-electron chi connectivity index (χ3n) is 5.72. The highest BCUT2D eigenvalue weighted by Gasteiger charge is 2.47. The van der Waals surface area contributed by atoms with Gasteiger partial charge in [0.15, 0.2) is 20.0 Å². The quantitative estimate of drug-likeness (QED) is 0.144. The van der Waals surface area contributed by atoms with Crippen molar-refractivity contribution in [1.82, 2.24) is 0 Å². The van der Waals surface area contributed by atoms with Crippen molar-refractivity contribution >= 4 is 43.2 Å². The number of halogens is 6. The summed E-state index contributed by atoms with van der Waals surface area (Å²) in [4.78, 5) is 0. The number of hydrogen-bond donors (Lipinski definition) is 0. The zero-order valence-corrected chi connectivity index (χ0v) is 23.8. The molecule has 220 valence electrons. The highest BCUT2D eigenvalue weighted by molar-refractivity contribution is 8.13. The Morgan fingerprint density at radius 2 is 0.900 bits per heavy atom. The van der Waals surface area contributed by atoms with Gasteiger partial charge in [-0.05, 0) is 49.2 Å². The van der Waals surface area contributed by atoms with E-state index in [0.29, 0.717) is 0 Å². The summed E-state index contributed by atoms with van der Waals surface area (Å²) < 4.78 is 109. The van der Waals surface area contributed by atoms with Crippen LogP contribution in [0.15, 0.2) is 91.0 Å². The molecule has 40 heavy (non-hydrogen) atoms. The summed E-state index contributed by atoms with van der Waals surface area (Å²) in [5.41, 5.74) is -12.4. The van der Waals surface area contributed by atoms with E-state index in [9.17, 15) is 43.2 Å². The van der Waals surface area contributed by atoms with Crippen molar-refractivity contribution in [2.75, 3.05) is 6.16 Å². The number of rotatable bonds is 10. The minimum Gasteiger partial charge on any atom is -0.421 e. The van der Waals surface area contributed by atoms with Gasteiger partial charge in [-0.1, -0.05) is 74.4 Å². The lowest BCUT2D eigenvalue weighted by Crippen LogP contribution is -2.33. The molecule has 0 saturated carbocycles. The fraction of sp³-hybridized carbons (Fsp3) is 0.308. The van der Waals surface area contributed by atoms with Crippen LogP contribution in [0.1, 0.15) is 32.6 Å². The molecule has 0 atom stereocenters. The maximum Gasteiger partial charge on any atom is 0.480 e. The Kier molecular flexibility index (Phi) is 11.8. The van der Waals surface area contributed by atoms with Crippen LogP contribution in [0, 0.1) is 0 Å². The molecular weight excluding hydrogens is 599 g/mol. The van der Waals surface area contributed by atoms with E-state index in [-0.39, 0.29) is 0 Å². The summed E-state index contributed by atoms with van der Waals surface area (Å²) in [6, 6.07) is 33.6. The normalized spacial score (nSPS) is 12.9. The Morgan fingerprint density at radius 1 is 0.575 bits per heavy atom. The molecule has 14 heteroatoms. The molecule has 0 radical (unpaired) electrons. The molecule has 0 fully saturated rings. The SMILES string of the molecule is CCCCCC[P+](c1ccccc1)(c1ccccc1)c1ccccc1.O=S(=O)([N-]S(=O)(=O)C(F)(F)F)C(F)(F)F. The summed E-state index contributed by atoms with van der Waals surface area (Å²) in [5, 5.41) is 4.51. The molecule has 0 amide bonds. The molecule has 0 bridgehead atoms. The van der Waals surface area contributed by atoms with Crippen molar-refractivity contribution in [3.8, 4) is 0 Å². The predicted molar refractivity (Wildman–Crippen MR) is 147 cm³/mol. The Balaban J connectivity index is 0.000000323. The summed E-state index contributed by atoms with van der Waals surface area (Å²) in [5.74, 6) is 0. The largest absolute Gasteiger partial charge is 0.480 e. The first-order chi connectivity index (χ1) is 18.6. The van der Waals surface area contributed by atoms with Gasteiger partial charge in [0.2, 0.25) is 0 Å². The van der Waals surface area contributed by atoms with Crippen LogP contribution in [0.5, 0.6) is 0 Å². The second-order valence-corrected chi connectivity index (χ2v) is 15.6. The van der Waals surface area contributed by atoms with Crippen molar-refractivity contribution in [3.05, 3.63) is 95.1 Å². The van der Waals surface area contributed by atoms with Crippen LogP contribution in [-0.4, -0.2) is 34.0 Å². The third-order valence-corrected chi connectivity index (χ3v) is 13.0. The summed E-state index contributed by atoms with van der Waals surface area (Å²) in [6.45, 7) is 2.29. The van der Waals surface area contributed by atoms with E-state index in [0.717, 1.165) is 4.13 Å². The van der Waals surface area contributed by atoms with E-state index in [1.807, 2.05) is 0 Å². The molecule has 0 aromatic heterocycles. The van der Waals surface area contributed by atoms with Crippen LogP contribution in [0.3, 0.4) is 0 Å². The second-order valence-electron chi connectivity index (χ2n) is 8.52. The van der Waals surface area contributed by atoms with E-state index in [2.05, 4.69) is 97.9 Å². The number of benzene rings is 3. The Bertz CT molecular complexity index is 1260. The molecule has 0 aliphatic heterocycles. The highest BCUT2D eigenvalue weighted by atomic mass is 32.3. The van der Waals surface area contributed by atoms with Gasteiger partial charge in [0.25, 0.3) is 0 Å². The number of unbranched alkanes of at least 4 members (excludes halogenated alkanes) is 3. The standard InChI is InChI=1S/C24H28P.C2F6NO4S2/c1-2-3-4-14-21-25(22-15-8-5-9-16-22,23-17-10-6-11-18-23)24-19-12-7-13-20-24;3-1(4,5)14(10,11)9-15(12,13)2(6,7)8/h5-13,15-20H,2-4,14,21H2,1H3;/q+1;-1. The fourth-order valence-corrected chi connectivity index (χ4v) is 9.99. The lowest BCUT2D eigenvalue weighted by Gasteiger charge is -2.27. The van der Waals surface area contributed by atoms with E-state index < -0.39 is 38.3 Å². The lowest BCUT2D eigenvalue weighted by atomic mass is 10.2. The zero-order chi connectivity index (χ0) is 30.1. The highest BCUT2D eigenvalue weighted by Crippen LogP contribution is 2.56. The maximum atomic E-state index is 11.4.